The second-order valence-corrected chi connectivity index (χ2v) is 5.75. The van der Waals surface area contributed by atoms with Gasteiger partial charge in [-0.2, -0.15) is 23.0 Å². The molecular weight excluding hydrogens is 359 g/mol. The van der Waals surface area contributed by atoms with Crippen LogP contribution >= 0.6 is 0 Å². The van der Waals surface area contributed by atoms with Gasteiger partial charge in [-0.1, -0.05) is 24.3 Å². The Morgan fingerprint density at radius 2 is 1.85 bits per heavy atom. The maximum Gasteiger partial charge on any atom is 0.416 e. The summed E-state index contributed by atoms with van der Waals surface area (Å²) in [4.78, 5) is 12.4. The fourth-order valence-electron chi connectivity index (χ4n) is 2.50. The zero-order chi connectivity index (χ0) is 19.4. The number of hydrogen-bond donors (Lipinski definition) is 1. The molecule has 1 unspecified atom stereocenters. The van der Waals surface area contributed by atoms with Crippen LogP contribution in [0.1, 0.15) is 24.3 Å². The third-order valence-corrected chi connectivity index (χ3v) is 3.78. The number of benzene rings is 2. The van der Waals surface area contributed by atoms with Gasteiger partial charge in [0.1, 0.15) is 11.9 Å². The summed E-state index contributed by atoms with van der Waals surface area (Å²) in [6.07, 6.45) is -3.73. The monoisotopic (exact) mass is 375 g/mol. The van der Waals surface area contributed by atoms with E-state index in [0.29, 0.717) is 11.4 Å². The van der Waals surface area contributed by atoms with Crippen LogP contribution in [0, 0.1) is 0 Å². The second-order valence-electron chi connectivity index (χ2n) is 5.75. The number of amides is 1. The molecule has 1 amide bonds. The van der Waals surface area contributed by atoms with Crippen molar-refractivity contribution in [1.29, 1.82) is 0 Å². The largest absolute Gasteiger partial charge is 0.484 e. The topological polar surface area (TPSA) is 56.2 Å². The van der Waals surface area contributed by atoms with Crippen molar-refractivity contribution in [3.8, 4) is 5.75 Å². The number of rotatable bonds is 4. The van der Waals surface area contributed by atoms with E-state index < -0.39 is 23.9 Å². The number of carbonyl (C=O) groups excluding carboxylic acids is 1. The summed E-state index contributed by atoms with van der Waals surface area (Å²) >= 11 is 0. The number of nitrogens with zero attached hydrogens (tertiary/aromatic N) is 2. The molecule has 0 saturated heterocycles. The molecule has 2 aromatic carbocycles. The molecule has 0 spiro atoms. The van der Waals surface area contributed by atoms with Crippen molar-refractivity contribution in [3.05, 3.63) is 78.1 Å². The highest BCUT2D eigenvalue weighted by Crippen LogP contribution is 2.32. The van der Waals surface area contributed by atoms with Crippen LogP contribution in [0.15, 0.2) is 66.9 Å². The van der Waals surface area contributed by atoms with Crippen molar-refractivity contribution in [2.45, 2.75) is 19.2 Å². The van der Waals surface area contributed by atoms with Gasteiger partial charge in [-0.05, 0) is 43.3 Å². The third-order valence-electron chi connectivity index (χ3n) is 3.78. The van der Waals surface area contributed by atoms with Crippen LogP contribution in [-0.4, -0.2) is 15.8 Å². The molecule has 0 aliphatic carbocycles. The van der Waals surface area contributed by atoms with E-state index >= 15 is 0 Å². The van der Waals surface area contributed by atoms with E-state index in [0.717, 1.165) is 16.8 Å². The van der Waals surface area contributed by atoms with Crippen molar-refractivity contribution >= 4 is 11.7 Å². The fraction of sp³-hybridized carbons (Fsp3) is 0.158. The van der Waals surface area contributed by atoms with Gasteiger partial charge in [0.15, 0.2) is 0 Å². The van der Waals surface area contributed by atoms with E-state index in [2.05, 4.69) is 10.4 Å². The van der Waals surface area contributed by atoms with Crippen LogP contribution < -0.4 is 10.1 Å². The Morgan fingerprint density at radius 1 is 1.11 bits per heavy atom. The first kappa shape index (κ1) is 18.5. The highest BCUT2D eigenvalue weighted by molar-refractivity contribution is 5.90. The second kappa shape index (κ2) is 7.53. The van der Waals surface area contributed by atoms with Crippen LogP contribution in [-0.2, 0) is 6.18 Å². The van der Waals surface area contributed by atoms with Crippen molar-refractivity contribution in [2.24, 2.45) is 0 Å². The maximum atomic E-state index is 12.8. The van der Waals surface area contributed by atoms with Crippen LogP contribution in [0.4, 0.5) is 23.7 Å². The minimum atomic E-state index is -4.46. The smallest absolute Gasteiger partial charge is 0.416 e. The predicted molar refractivity (Wildman–Crippen MR) is 93.6 cm³/mol. The van der Waals surface area contributed by atoms with Crippen LogP contribution in [0.5, 0.6) is 5.75 Å². The molecule has 5 nitrogen and oxygen atoms in total. The number of para-hydroxylation sites is 1. The van der Waals surface area contributed by atoms with Gasteiger partial charge in [-0.15, -0.1) is 0 Å². The molecule has 8 heteroatoms. The SMILES string of the molecule is CC(Oc1cccc(C(F)(F)F)c1)c1ccnn1C(=O)Nc1ccccc1. The lowest BCUT2D eigenvalue weighted by Crippen LogP contribution is -2.24. The normalized spacial score (nSPS) is 12.4. The van der Waals surface area contributed by atoms with E-state index in [1.165, 1.54) is 18.3 Å². The molecule has 140 valence electrons. The standard InChI is InChI=1S/C19H16F3N3O2/c1-13(27-16-9-5-6-14(12-16)19(20,21)22)17-10-11-23-25(17)18(26)24-15-7-3-2-4-8-15/h2-13H,1H3,(H,24,26). The Bertz CT molecular complexity index is 923. The molecule has 27 heavy (non-hydrogen) atoms. The van der Waals surface area contributed by atoms with E-state index in [-0.39, 0.29) is 5.75 Å². The lowest BCUT2D eigenvalue weighted by molar-refractivity contribution is -0.137. The quantitative estimate of drug-likeness (QED) is 0.688. The number of nitrogens with one attached hydrogen (secondary N) is 1. The Morgan fingerprint density at radius 3 is 2.56 bits per heavy atom. The van der Waals surface area contributed by atoms with Crippen molar-refractivity contribution in [2.75, 3.05) is 5.32 Å². The van der Waals surface area contributed by atoms with Gasteiger partial charge in [-0.3, -0.25) is 0 Å². The van der Waals surface area contributed by atoms with Gasteiger partial charge in [0.2, 0.25) is 0 Å². The van der Waals surface area contributed by atoms with Gasteiger partial charge in [0, 0.05) is 11.9 Å². The Balaban J connectivity index is 1.76. The van der Waals surface area contributed by atoms with Crippen molar-refractivity contribution in [1.82, 2.24) is 9.78 Å². The maximum absolute atomic E-state index is 12.8. The van der Waals surface area contributed by atoms with Crippen LogP contribution in [0.3, 0.4) is 0 Å². The number of aromatic nitrogens is 2. The van der Waals surface area contributed by atoms with Crippen LogP contribution in [0.25, 0.3) is 0 Å². The number of ether oxygens (including phenoxy) is 1. The number of hydrogen-bond acceptors (Lipinski definition) is 3. The molecule has 0 aliphatic rings. The Labute approximate surface area is 153 Å². The molecule has 0 fully saturated rings. The molecule has 0 radical (unpaired) electrons. The van der Waals surface area contributed by atoms with Gasteiger partial charge < -0.3 is 10.1 Å². The zero-order valence-electron chi connectivity index (χ0n) is 14.3. The fourth-order valence-corrected chi connectivity index (χ4v) is 2.50. The summed E-state index contributed by atoms with van der Waals surface area (Å²) in [7, 11) is 0. The summed E-state index contributed by atoms with van der Waals surface area (Å²) in [5.74, 6) is 0.0496. The average Bonchev–Trinajstić information content (AvgIpc) is 3.12. The minimum absolute atomic E-state index is 0.0496. The Hall–Kier alpha value is -3.29. The number of halogens is 3. The van der Waals surface area contributed by atoms with Gasteiger partial charge in [0.25, 0.3) is 0 Å². The lowest BCUT2D eigenvalue weighted by Gasteiger charge is -2.17. The molecule has 0 bridgehead atoms. The Kier molecular flexibility index (Phi) is 5.16. The third kappa shape index (κ3) is 4.46. The highest BCUT2D eigenvalue weighted by Gasteiger charge is 2.30. The molecule has 1 heterocycles. The van der Waals surface area contributed by atoms with Gasteiger partial charge in [-0.25, -0.2) is 4.79 Å². The van der Waals surface area contributed by atoms with E-state index in [4.69, 9.17) is 4.74 Å². The zero-order valence-corrected chi connectivity index (χ0v) is 14.3. The lowest BCUT2D eigenvalue weighted by atomic mass is 10.2. The summed E-state index contributed by atoms with van der Waals surface area (Å²) in [6, 6.07) is 14.5. The molecule has 1 aromatic heterocycles. The van der Waals surface area contributed by atoms with Crippen LogP contribution in [0.2, 0.25) is 0 Å². The van der Waals surface area contributed by atoms with E-state index in [1.807, 2.05) is 6.07 Å². The molecule has 1 atom stereocenters. The predicted octanol–water partition coefficient (Wildman–Crippen LogP) is 5.12. The molecule has 0 saturated carbocycles. The summed E-state index contributed by atoms with van der Waals surface area (Å²) in [5.41, 5.74) is 0.193. The molecule has 3 rings (SSSR count). The minimum Gasteiger partial charge on any atom is -0.484 e. The van der Waals surface area contributed by atoms with Gasteiger partial charge >= 0.3 is 12.2 Å². The van der Waals surface area contributed by atoms with Gasteiger partial charge in [0.05, 0.1) is 11.3 Å². The first-order chi connectivity index (χ1) is 12.8. The van der Waals surface area contributed by atoms with E-state index in [1.54, 1.807) is 37.3 Å². The molecule has 0 aliphatic heterocycles. The first-order valence-corrected chi connectivity index (χ1v) is 8.09. The first-order valence-electron chi connectivity index (χ1n) is 8.09. The molecule has 1 N–H and O–H groups in total. The number of anilines is 1. The molecule has 3 aromatic rings. The summed E-state index contributed by atoms with van der Waals surface area (Å²) in [5, 5.41) is 6.67. The molecular formula is C19H16F3N3O2. The highest BCUT2D eigenvalue weighted by atomic mass is 19.4. The summed E-state index contributed by atoms with van der Waals surface area (Å²) < 4.78 is 45.2. The average molecular weight is 375 g/mol. The number of carbonyl (C=O) groups is 1. The van der Waals surface area contributed by atoms with Crippen molar-refractivity contribution in [3.63, 3.8) is 0 Å². The van der Waals surface area contributed by atoms with E-state index in [9.17, 15) is 18.0 Å². The van der Waals surface area contributed by atoms with Crippen molar-refractivity contribution < 1.29 is 22.7 Å². The number of alkyl halides is 3. The summed E-state index contributed by atoms with van der Waals surface area (Å²) in [6.45, 7) is 1.63.